The van der Waals surface area contributed by atoms with Crippen molar-refractivity contribution in [3.63, 3.8) is 0 Å². The first kappa shape index (κ1) is 16.9. The summed E-state index contributed by atoms with van der Waals surface area (Å²) in [6.07, 6.45) is 0. The second kappa shape index (κ2) is 6.52. The van der Waals surface area contributed by atoms with Crippen LogP contribution < -0.4 is 15.4 Å². The number of benzene rings is 2. The molecule has 0 saturated heterocycles. The number of ether oxygens (including phenoxy) is 1. The Kier molecular flexibility index (Phi) is 4.41. The van der Waals surface area contributed by atoms with Gasteiger partial charge in [0.25, 0.3) is 0 Å². The predicted molar refractivity (Wildman–Crippen MR) is 101 cm³/mol. The third kappa shape index (κ3) is 3.06. The van der Waals surface area contributed by atoms with Crippen LogP contribution in [-0.4, -0.2) is 14.1 Å². The van der Waals surface area contributed by atoms with E-state index < -0.39 is 0 Å². The van der Waals surface area contributed by atoms with Crippen molar-refractivity contribution >= 4 is 5.69 Å². The highest BCUT2D eigenvalue weighted by Gasteiger charge is 2.30. The largest absolute Gasteiger partial charge is 0.440 e. The number of allylic oxidation sites excluding steroid dienone is 1. The summed E-state index contributed by atoms with van der Waals surface area (Å²) in [5.74, 6) is 1.16. The minimum absolute atomic E-state index is 0.184. The molecule has 0 aliphatic carbocycles. The Morgan fingerprint density at radius 1 is 1.12 bits per heavy atom. The summed E-state index contributed by atoms with van der Waals surface area (Å²) in [6.45, 7) is 4.33. The van der Waals surface area contributed by atoms with Crippen molar-refractivity contribution in [3.8, 4) is 11.8 Å². The lowest BCUT2D eigenvalue weighted by molar-refractivity contribution is 0.394. The Morgan fingerprint density at radius 2 is 1.80 bits per heavy atom. The molecule has 128 valence electrons. The highest BCUT2D eigenvalue weighted by Crippen LogP contribution is 2.43. The van der Waals surface area contributed by atoms with Gasteiger partial charge in [-0.05, 0) is 23.1 Å². The van der Waals surface area contributed by atoms with E-state index in [0.29, 0.717) is 17.2 Å². The highest BCUT2D eigenvalue weighted by atomic mass is 16.5. The number of nitrogens with two attached hydrogens (primary N) is 1. The zero-order valence-electron chi connectivity index (χ0n) is 15.1. The fraction of sp³-hybridized carbons (Fsp3) is 0.286. The average Bonchev–Trinajstić information content (AvgIpc) is 2.60. The number of fused-ring (bicyclic) bond motifs is 1. The Morgan fingerprint density at radius 3 is 2.36 bits per heavy atom. The first-order valence-electron chi connectivity index (χ1n) is 8.41. The molecular weight excluding hydrogens is 310 g/mol. The Hall–Kier alpha value is -2.93. The molecule has 0 aromatic heterocycles. The van der Waals surface area contributed by atoms with Gasteiger partial charge in [-0.3, -0.25) is 0 Å². The zero-order valence-corrected chi connectivity index (χ0v) is 15.1. The van der Waals surface area contributed by atoms with Crippen LogP contribution in [0.25, 0.3) is 0 Å². The van der Waals surface area contributed by atoms with Crippen LogP contribution in [0.3, 0.4) is 0 Å². The summed E-state index contributed by atoms with van der Waals surface area (Å²) in [5, 5.41) is 9.63. The molecule has 1 atom stereocenters. The van der Waals surface area contributed by atoms with Gasteiger partial charge in [0.2, 0.25) is 5.88 Å². The first-order chi connectivity index (χ1) is 11.9. The Balaban J connectivity index is 2.12. The molecule has 0 bridgehead atoms. The normalized spacial score (nSPS) is 16.2. The number of rotatable bonds is 3. The molecule has 1 heterocycles. The monoisotopic (exact) mass is 333 g/mol. The highest BCUT2D eigenvalue weighted by molar-refractivity contribution is 5.61. The number of nitriles is 1. The molecule has 3 rings (SSSR count). The third-order valence-electron chi connectivity index (χ3n) is 4.66. The van der Waals surface area contributed by atoms with Gasteiger partial charge >= 0.3 is 0 Å². The van der Waals surface area contributed by atoms with Crippen LogP contribution in [0.4, 0.5) is 5.69 Å². The number of anilines is 1. The molecule has 25 heavy (non-hydrogen) atoms. The molecule has 4 heteroatoms. The average molecular weight is 333 g/mol. The fourth-order valence-electron chi connectivity index (χ4n) is 3.14. The maximum atomic E-state index is 9.63. The van der Waals surface area contributed by atoms with Gasteiger partial charge in [0, 0.05) is 31.4 Å². The van der Waals surface area contributed by atoms with Crippen LogP contribution in [-0.2, 0) is 0 Å². The second-order valence-electron chi connectivity index (χ2n) is 6.86. The van der Waals surface area contributed by atoms with Crippen molar-refractivity contribution in [2.75, 3.05) is 19.0 Å². The van der Waals surface area contributed by atoms with Crippen LogP contribution in [0.15, 0.2) is 53.9 Å². The molecule has 1 aliphatic heterocycles. The van der Waals surface area contributed by atoms with E-state index in [2.05, 4.69) is 44.2 Å². The van der Waals surface area contributed by atoms with E-state index in [4.69, 9.17) is 10.5 Å². The molecule has 2 N–H and O–H groups in total. The molecule has 0 amide bonds. The SMILES string of the molecule is CC(C)c1ccc(C2C(C#N)=C(N)Oc3cc(N(C)C)ccc32)cc1. The van der Waals surface area contributed by atoms with Gasteiger partial charge in [-0.15, -0.1) is 0 Å². The Labute approximate surface area is 149 Å². The molecule has 4 nitrogen and oxygen atoms in total. The molecule has 2 aromatic carbocycles. The summed E-state index contributed by atoms with van der Waals surface area (Å²) in [4.78, 5) is 2.01. The lowest BCUT2D eigenvalue weighted by Crippen LogP contribution is -2.21. The van der Waals surface area contributed by atoms with E-state index in [0.717, 1.165) is 16.8 Å². The molecular formula is C21H23N3O. The lowest BCUT2D eigenvalue weighted by atomic mass is 9.83. The number of hydrogen-bond acceptors (Lipinski definition) is 4. The molecule has 0 saturated carbocycles. The first-order valence-corrected chi connectivity index (χ1v) is 8.41. The Bertz CT molecular complexity index is 858. The standard InChI is InChI=1S/C21H23N3O/c1-13(2)14-5-7-15(8-6-14)20-17-10-9-16(24(3)4)11-19(17)25-21(23)18(20)12-22/h5-11,13,20H,23H2,1-4H3. The van der Waals surface area contributed by atoms with Crippen molar-refractivity contribution < 1.29 is 4.74 Å². The second-order valence-corrected chi connectivity index (χ2v) is 6.86. The van der Waals surface area contributed by atoms with Gasteiger partial charge in [-0.1, -0.05) is 44.2 Å². The molecule has 2 aromatic rings. The molecule has 0 fully saturated rings. The molecule has 0 radical (unpaired) electrons. The van der Waals surface area contributed by atoms with Crippen molar-refractivity contribution in [1.29, 1.82) is 5.26 Å². The van der Waals surface area contributed by atoms with Crippen molar-refractivity contribution in [2.24, 2.45) is 5.73 Å². The van der Waals surface area contributed by atoms with Gasteiger partial charge in [0.05, 0.1) is 5.92 Å². The fourth-order valence-corrected chi connectivity index (χ4v) is 3.14. The zero-order chi connectivity index (χ0) is 18.1. The summed E-state index contributed by atoms with van der Waals surface area (Å²) in [5.41, 5.74) is 10.8. The summed E-state index contributed by atoms with van der Waals surface area (Å²) >= 11 is 0. The van der Waals surface area contributed by atoms with E-state index in [9.17, 15) is 5.26 Å². The summed E-state index contributed by atoms with van der Waals surface area (Å²) < 4.78 is 5.75. The van der Waals surface area contributed by atoms with Crippen LogP contribution >= 0.6 is 0 Å². The molecule has 1 unspecified atom stereocenters. The minimum Gasteiger partial charge on any atom is -0.440 e. The molecule has 0 spiro atoms. The predicted octanol–water partition coefficient (Wildman–Crippen LogP) is 4.09. The van der Waals surface area contributed by atoms with Gasteiger partial charge in [-0.2, -0.15) is 5.26 Å². The lowest BCUT2D eigenvalue weighted by Gasteiger charge is -2.28. The van der Waals surface area contributed by atoms with Gasteiger partial charge in [0.1, 0.15) is 17.4 Å². The minimum atomic E-state index is -0.203. The van der Waals surface area contributed by atoms with Crippen LogP contribution in [0.5, 0.6) is 5.75 Å². The third-order valence-corrected chi connectivity index (χ3v) is 4.66. The van der Waals surface area contributed by atoms with Crippen LogP contribution in [0.1, 0.15) is 42.4 Å². The van der Waals surface area contributed by atoms with E-state index in [1.807, 2.05) is 37.2 Å². The van der Waals surface area contributed by atoms with Gasteiger partial charge in [0.15, 0.2) is 0 Å². The number of hydrogen-bond donors (Lipinski definition) is 1. The van der Waals surface area contributed by atoms with E-state index in [1.54, 1.807) is 0 Å². The van der Waals surface area contributed by atoms with Crippen molar-refractivity contribution in [2.45, 2.75) is 25.7 Å². The van der Waals surface area contributed by atoms with Gasteiger partial charge in [-0.25, -0.2) is 0 Å². The van der Waals surface area contributed by atoms with Crippen LogP contribution in [0, 0.1) is 11.3 Å². The molecule has 1 aliphatic rings. The van der Waals surface area contributed by atoms with Gasteiger partial charge < -0.3 is 15.4 Å². The maximum Gasteiger partial charge on any atom is 0.205 e. The van der Waals surface area contributed by atoms with E-state index in [-0.39, 0.29) is 11.8 Å². The van der Waals surface area contributed by atoms with E-state index >= 15 is 0 Å². The number of nitrogens with zero attached hydrogens (tertiary/aromatic N) is 2. The van der Waals surface area contributed by atoms with E-state index in [1.165, 1.54) is 5.56 Å². The van der Waals surface area contributed by atoms with Crippen molar-refractivity contribution in [1.82, 2.24) is 0 Å². The summed E-state index contributed by atoms with van der Waals surface area (Å²) in [6, 6.07) is 16.7. The quantitative estimate of drug-likeness (QED) is 0.919. The topological polar surface area (TPSA) is 62.3 Å². The van der Waals surface area contributed by atoms with Crippen LogP contribution in [0.2, 0.25) is 0 Å². The smallest absolute Gasteiger partial charge is 0.205 e. The maximum absolute atomic E-state index is 9.63. The summed E-state index contributed by atoms with van der Waals surface area (Å²) in [7, 11) is 3.96. The van der Waals surface area contributed by atoms with Crippen molar-refractivity contribution in [3.05, 3.63) is 70.6 Å².